The Morgan fingerprint density at radius 1 is 1.16 bits per heavy atom. The molecule has 2 aromatic rings. The molecule has 0 saturated heterocycles. The summed E-state index contributed by atoms with van der Waals surface area (Å²) in [6.07, 6.45) is -0.532. The maximum Gasteiger partial charge on any atom is 0.339 e. The van der Waals surface area contributed by atoms with Crippen molar-refractivity contribution in [2.75, 3.05) is 0 Å². The van der Waals surface area contributed by atoms with Crippen molar-refractivity contribution >= 4 is 5.97 Å². The van der Waals surface area contributed by atoms with Gasteiger partial charge in [-0.25, -0.2) is 9.18 Å². The van der Waals surface area contributed by atoms with Crippen molar-refractivity contribution in [3.8, 4) is 6.07 Å². The van der Waals surface area contributed by atoms with Crippen LogP contribution in [0.15, 0.2) is 42.5 Å². The second-order valence-electron chi connectivity index (χ2n) is 4.25. The number of benzene rings is 2. The molecule has 0 N–H and O–H groups in total. The number of carbonyl (C=O) groups excluding carboxylic acids is 1. The number of carbonyl (C=O) groups is 1. The molecule has 1 aliphatic rings. The quantitative estimate of drug-likeness (QED) is 0.734. The zero-order valence-corrected chi connectivity index (χ0v) is 9.76. The molecule has 0 aromatic heterocycles. The summed E-state index contributed by atoms with van der Waals surface area (Å²) < 4.78 is 18.2. The average Bonchev–Trinajstić information content (AvgIpc) is 2.76. The zero-order valence-electron chi connectivity index (χ0n) is 9.76. The van der Waals surface area contributed by atoms with Crippen molar-refractivity contribution in [2.24, 2.45) is 0 Å². The van der Waals surface area contributed by atoms with Gasteiger partial charge in [0.05, 0.1) is 17.2 Å². The first-order chi connectivity index (χ1) is 9.19. The molecule has 92 valence electrons. The monoisotopic (exact) mass is 253 g/mol. The topological polar surface area (TPSA) is 50.1 Å². The summed E-state index contributed by atoms with van der Waals surface area (Å²) in [4.78, 5) is 11.8. The Morgan fingerprint density at radius 3 is 2.58 bits per heavy atom. The lowest BCUT2D eigenvalue weighted by Crippen LogP contribution is -2.00. The van der Waals surface area contributed by atoms with Crippen LogP contribution in [-0.2, 0) is 4.74 Å². The second kappa shape index (κ2) is 4.21. The van der Waals surface area contributed by atoms with Gasteiger partial charge in [-0.1, -0.05) is 18.2 Å². The Hall–Kier alpha value is -2.67. The van der Waals surface area contributed by atoms with Gasteiger partial charge in [0.2, 0.25) is 0 Å². The van der Waals surface area contributed by atoms with Gasteiger partial charge in [-0.15, -0.1) is 0 Å². The van der Waals surface area contributed by atoms with E-state index in [-0.39, 0.29) is 5.82 Å². The Balaban J connectivity index is 2.07. The van der Waals surface area contributed by atoms with Crippen molar-refractivity contribution in [2.45, 2.75) is 6.10 Å². The summed E-state index contributed by atoms with van der Waals surface area (Å²) in [5.41, 5.74) is 2.22. The molecule has 0 saturated carbocycles. The number of halogens is 1. The molecule has 0 amide bonds. The lowest BCUT2D eigenvalue weighted by Gasteiger charge is -2.10. The Morgan fingerprint density at radius 2 is 1.89 bits per heavy atom. The van der Waals surface area contributed by atoms with Gasteiger partial charge < -0.3 is 4.74 Å². The SMILES string of the molecule is N#Cc1ccc2c(c1)C(=O)OC2c1ccc(F)cc1. The van der Waals surface area contributed by atoms with Crippen molar-refractivity contribution in [1.82, 2.24) is 0 Å². The van der Waals surface area contributed by atoms with E-state index in [4.69, 9.17) is 10.00 Å². The highest BCUT2D eigenvalue weighted by atomic mass is 19.1. The van der Waals surface area contributed by atoms with E-state index in [2.05, 4.69) is 0 Å². The van der Waals surface area contributed by atoms with Crippen LogP contribution in [0, 0.1) is 17.1 Å². The van der Waals surface area contributed by atoms with Crippen LogP contribution in [0.2, 0.25) is 0 Å². The minimum Gasteiger partial charge on any atom is -0.449 e. The number of hydrogen-bond acceptors (Lipinski definition) is 3. The minimum absolute atomic E-state index is 0.340. The Kier molecular flexibility index (Phi) is 2.53. The normalized spacial score (nSPS) is 16.6. The van der Waals surface area contributed by atoms with Gasteiger partial charge in [-0.2, -0.15) is 5.26 Å². The van der Waals surface area contributed by atoms with Gasteiger partial charge in [-0.3, -0.25) is 0 Å². The smallest absolute Gasteiger partial charge is 0.339 e. The first kappa shape index (κ1) is 11.4. The fraction of sp³-hybridized carbons (Fsp3) is 0.0667. The van der Waals surface area contributed by atoms with Crippen LogP contribution in [-0.4, -0.2) is 5.97 Å². The van der Waals surface area contributed by atoms with E-state index in [1.807, 2.05) is 6.07 Å². The van der Waals surface area contributed by atoms with Crippen molar-refractivity contribution < 1.29 is 13.9 Å². The third kappa shape index (κ3) is 1.85. The van der Waals surface area contributed by atoms with Crippen molar-refractivity contribution in [3.05, 3.63) is 70.5 Å². The first-order valence-corrected chi connectivity index (χ1v) is 5.69. The summed E-state index contributed by atoms with van der Waals surface area (Å²) in [5.74, 6) is -0.797. The van der Waals surface area contributed by atoms with Gasteiger partial charge in [-0.05, 0) is 29.8 Å². The maximum absolute atomic E-state index is 12.9. The number of cyclic esters (lactones) is 1. The van der Waals surface area contributed by atoms with Gasteiger partial charge in [0.15, 0.2) is 6.10 Å². The molecular formula is C15H8FNO2. The van der Waals surface area contributed by atoms with E-state index in [0.29, 0.717) is 22.3 Å². The standard InChI is InChI=1S/C15H8FNO2/c16-11-4-2-10(3-5-11)14-12-6-1-9(8-17)7-13(12)15(18)19-14/h1-7,14H. The van der Waals surface area contributed by atoms with Crippen LogP contribution in [0.1, 0.15) is 33.2 Å². The molecule has 1 unspecified atom stereocenters. The molecular weight excluding hydrogens is 245 g/mol. The van der Waals surface area contributed by atoms with Crippen molar-refractivity contribution in [3.63, 3.8) is 0 Å². The number of fused-ring (bicyclic) bond motifs is 1. The molecule has 0 fully saturated rings. The summed E-state index contributed by atoms with van der Waals surface area (Å²) in [6.45, 7) is 0. The number of hydrogen-bond donors (Lipinski definition) is 0. The van der Waals surface area contributed by atoms with Gasteiger partial charge >= 0.3 is 5.97 Å². The molecule has 1 atom stereocenters. The predicted molar refractivity (Wildman–Crippen MR) is 64.8 cm³/mol. The van der Waals surface area contributed by atoms with E-state index in [1.165, 1.54) is 18.2 Å². The van der Waals surface area contributed by atoms with E-state index >= 15 is 0 Å². The molecule has 0 spiro atoms. The lowest BCUT2D eigenvalue weighted by atomic mass is 9.98. The molecule has 1 aliphatic heterocycles. The molecule has 0 radical (unpaired) electrons. The second-order valence-corrected chi connectivity index (χ2v) is 4.25. The van der Waals surface area contributed by atoms with Crippen LogP contribution >= 0.6 is 0 Å². The predicted octanol–water partition coefficient (Wildman–Crippen LogP) is 2.96. The van der Waals surface area contributed by atoms with Crippen LogP contribution < -0.4 is 0 Å². The third-order valence-electron chi connectivity index (χ3n) is 3.08. The van der Waals surface area contributed by atoms with Crippen molar-refractivity contribution in [1.29, 1.82) is 5.26 Å². The molecule has 0 bridgehead atoms. The molecule has 3 rings (SSSR count). The molecule has 0 aliphatic carbocycles. The summed E-state index contributed by atoms with van der Waals surface area (Å²) in [7, 11) is 0. The minimum atomic E-state index is -0.532. The van der Waals surface area contributed by atoms with E-state index in [9.17, 15) is 9.18 Å². The van der Waals surface area contributed by atoms with Gasteiger partial charge in [0.1, 0.15) is 5.82 Å². The van der Waals surface area contributed by atoms with Crippen LogP contribution in [0.5, 0.6) is 0 Å². The highest BCUT2D eigenvalue weighted by Crippen LogP contribution is 2.36. The fourth-order valence-electron chi connectivity index (χ4n) is 2.15. The highest BCUT2D eigenvalue weighted by molar-refractivity contribution is 5.95. The van der Waals surface area contributed by atoms with E-state index in [1.54, 1.807) is 24.3 Å². The first-order valence-electron chi connectivity index (χ1n) is 5.69. The number of rotatable bonds is 1. The Labute approximate surface area is 108 Å². The summed E-state index contributed by atoms with van der Waals surface area (Å²) in [6, 6.07) is 12.7. The fourth-order valence-corrected chi connectivity index (χ4v) is 2.15. The molecule has 2 aromatic carbocycles. The highest BCUT2D eigenvalue weighted by Gasteiger charge is 2.32. The van der Waals surface area contributed by atoms with Crippen LogP contribution in [0.4, 0.5) is 4.39 Å². The largest absolute Gasteiger partial charge is 0.449 e. The van der Waals surface area contributed by atoms with Crippen LogP contribution in [0.3, 0.4) is 0 Å². The van der Waals surface area contributed by atoms with E-state index in [0.717, 1.165) is 0 Å². The number of nitrogens with zero attached hydrogens (tertiary/aromatic N) is 1. The Bertz CT molecular complexity index is 701. The number of ether oxygens (including phenoxy) is 1. The molecule has 19 heavy (non-hydrogen) atoms. The number of nitriles is 1. The molecule has 1 heterocycles. The third-order valence-corrected chi connectivity index (χ3v) is 3.08. The number of esters is 1. The average molecular weight is 253 g/mol. The van der Waals surface area contributed by atoms with E-state index < -0.39 is 12.1 Å². The van der Waals surface area contributed by atoms with Crippen LogP contribution in [0.25, 0.3) is 0 Å². The summed E-state index contributed by atoms with van der Waals surface area (Å²) >= 11 is 0. The lowest BCUT2D eigenvalue weighted by molar-refractivity contribution is 0.0456. The zero-order chi connectivity index (χ0) is 13.4. The summed E-state index contributed by atoms with van der Waals surface area (Å²) in [5, 5.41) is 8.82. The maximum atomic E-state index is 12.9. The van der Waals surface area contributed by atoms with Gasteiger partial charge in [0, 0.05) is 5.56 Å². The molecule has 4 heteroatoms. The molecule has 3 nitrogen and oxygen atoms in total. The van der Waals surface area contributed by atoms with Gasteiger partial charge in [0.25, 0.3) is 0 Å².